The lowest BCUT2D eigenvalue weighted by atomic mass is 10.1. The number of nitrogens with two attached hydrogens (primary N) is 1. The second-order valence-electron chi connectivity index (χ2n) is 2.48. The predicted octanol–water partition coefficient (Wildman–Crippen LogP) is 0.000100. The van der Waals surface area contributed by atoms with E-state index >= 15 is 0 Å². The van der Waals surface area contributed by atoms with E-state index in [4.69, 9.17) is 10.8 Å². The molecule has 0 aliphatic heterocycles. The van der Waals surface area contributed by atoms with E-state index in [-0.39, 0.29) is 17.0 Å². The molecule has 0 saturated heterocycles. The van der Waals surface area contributed by atoms with Gasteiger partial charge in [-0.1, -0.05) is 6.07 Å². The minimum atomic E-state index is -1.12. The number of nitrogen functional groups attached to an aromatic ring is 1. The van der Waals surface area contributed by atoms with Gasteiger partial charge in [0.2, 0.25) is 0 Å². The first-order chi connectivity index (χ1) is 5.66. The molecule has 0 spiro atoms. The van der Waals surface area contributed by atoms with Crippen LogP contribution in [0.5, 0.6) is 5.75 Å². The van der Waals surface area contributed by atoms with Crippen molar-refractivity contribution in [1.82, 2.24) is 0 Å². The van der Waals surface area contributed by atoms with Gasteiger partial charge in [-0.25, -0.2) is 0 Å². The van der Waals surface area contributed by atoms with Crippen molar-refractivity contribution in [2.75, 3.05) is 12.3 Å². The molecule has 4 heteroatoms. The van der Waals surface area contributed by atoms with Crippen LogP contribution in [0, 0.1) is 0 Å². The summed E-state index contributed by atoms with van der Waals surface area (Å²) in [6.07, 6.45) is -1.12. The highest BCUT2D eigenvalue weighted by molar-refractivity contribution is 5.54. The summed E-state index contributed by atoms with van der Waals surface area (Å²) in [6, 6.07) is 4.52. The number of hydrogen-bond donors (Lipinski definition) is 4. The fourth-order valence-electron chi connectivity index (χ4n) is 1.02. The molecule has 1 atom stereocenters. The Kier molecular flexibility index (Phi) is 2.52. The minimum Gasteiger partial charge on any atom is -0.507 e. The van der Waals surface area contributed by atoms with Crippen LogP contribution in [0.3, 0.4) is 0 Å². The molecular formula is C8H11NO3. The van der Waals surface area contributed by atoms with Crippen LogP contribution >= 0.6 is 0 Å². The van der Waals surface area contributed by atoms with Gasteiger partial charge in [-0.15, -0.1) is 0 Å². The molecule has 4 nitrogen and oxygen atoms in total. The lowest BCUT2D eigenvalue weighted by molar-refractivity contribution is 0.0941. The van der Waals surface area contributed by atoms with Gasteiger partial charge in [0.1, 0.15) is 11.9 Å². The number of benzene rings is 1. The molecule has 0 amide bonds. The van der Waals surface area contributed by atoms with Crippen LogP contribution in [-0.4, -0.2) is 21.9 Å². The highest BCUT2D eigenvalue weighted by Crippen LogP contribution is 2.28. The van der Waals surface area contributed by atoms with Crippen molar-refractivity contribution in [3.63, 3.8) is 0 Å². The number of rotatable bonds is 2. The zero-order valence-corrected chi connectivity index (χ0v) is 6.44. The van der Waals surface area contributed by atoms with Crippen LogP contribution in [-0.2, 0) is 0 Å². The van der Waals surface area contributed by atoms with E-state index < -0.39 is 12.7 Å². The number of phenolic OH excluding ortho intramolecular Hbond substituents is 1. The number of phenols is 1. The van der Waals surface area contributed by atoms with Crippen molar-refractivity contribution in [3.8, 4) is 5.75 Å². The first-order valence-electron chi connectivity index (χ1n) is 3.53. The molecule has 0 aromatic heterocycles. The maximum atomic E-state index is 9.24. The molecule has 1 rings (SSSR count). The monoisotopic (exact) mass is 169 g/mol. The molecule has 0 aliphatic carbocycles. The standard InChI is InChI=1S/C8H11NO3/c9-5-2-1-3-6(11)8(5)7(12)4-10/h1-3,7,10-12H,4,9H2. The number of aromatic hydroxyl groups is 1. The van der Waals surface area contributed by atoms with Crippen LogP contribution in [0.2, 0.25) is 0 Å². The first-order valence-corrected chi connectivity index (χ1v) is 3.53. The Balaban J connectivity index is 3.12. The second-order valence-corrected chi connectivity index (χ2v) is 2.48. The summed E-state index contributed by atoms with van der Waals surface area (Å²) in [6.45, 7) is -0.457. The maximum absolute atomic E-state index is 9.24. The number of aliphatic hydroxyl groups excluding tert-OH is 2. The molecule has 0 bridgehead atoms. The van der Waals surface area contributed by atoms with E-state index in [1.54, 1.807) is 12.1 Å². The highest BCUT2D eigenvalue weighted by Gasteiger charge is 2.13. The lowest BCUT2D eigenvalue weighted by Crippen LogP contribution is -2.06. The SMILES string of the molecule is Nc1cccc(O)c1C(O)CO. The van der Waals surface area contributed by atoms with E-state index in [9.17, 15) is 10.2 Å². The average Bonchev–Trinajstić information content (AvgIpc) is 2.03. The van der Waals surface area contributed by atoms with Gasteiger partial charge in [0.05, 0.1) is 6.61 Å². The van der Waals surface area contributed by atoms with Crippen LogP contribution in [0.25, 0.3) is 0 Å². The molecule has 5 N–H and O–H groups in total. The molecule has 0 radical (unpaired) electrons. The van der Waals surface area contributed by atoms with Crippen LogP contribution in [0.1, 0.15) is 11.7 Å². The van der Waals surface area contributed by atoms with Crippen molar-refractivity contribution in [3.05, 3.63) is 23.8 Å². The molecule has 0 aliphatic rings. The highest BCUT2D eigenvalue weighted by atomic mass is 16.3. The van der Waals surface area contributed by atoms with Gasteiger partial charge in [0.25, 0.3) is 0 Å². The number of aliphatic hydroxyl groups is 2. The summed E-state index contributed by atoms with van der Waals surface area (Å²) >= 11 is 0. The van der Waals surface area contributed by atoms with Gasteiger partial charge in [0, 0.05) is 11.3 Å². The summed E-state index contributed by atoms with van der Waals surface area (Å²) in [7, 11) is 0. The largest absolute Gasteiger partial charge is 0.507 e. The fourth-order valence-corrected chi connectivity index (χ4v) is 1.02. The average molecular weight is 169 g/mol. The zero-order chi connectivity index (χ0) is 9.14. The Labute approximate surface area is 69.9 Å². The third kappa shape index (κ3) is 1.49. The van der Waals surface area contributed by atoms with Gasteiger partial charge < -0.3 is 21.1 Å². The summed E-state index contributed by atoms with van der Waals surface area (Å²) in [5.41, 5.74) is 5.92. The van der Waals surface area contributed by atoms with E-state index in [1.807, 2.05) is 0 Å². The van der Waals surface area contributed by atoms with Gasteiger partial charge in [0.15, 0.2) is 0 Å². The van der Waals surface area contributed by atoms with E-state index in [0.717, 1.165) is 0 Å². The van der Waals surface area contributed by atoms with Crippen molar-refractivity contribution >= 4 is 5.69 Å². The smallest absolute Gasteiger partial charge is 0.123 e. The molecular weight excluding hydrogens is 158 g/mol. The second kappa shape index (κ2) is 3.42. The third-order valence-corrected chi connectivity index (χ3v) is 1.62. The third-order valence-electron chi connectivity index (χ3n) is 1.62. The van der Waals surface area contributed by atoms with Gasteiger partial charge in [-0.3, -0.25) is 0 Å². The van der Waals surface area contributed by atoms with Crippen LogP contribution in [0.4, 0.5) is 5.69 Å². The van der Waals surface area contributed by atoms with E-state index in [2.05, 4.69) is 0 Å². The molecule has 0 heterocycles. The van der Waals surface area contributed by atoms with Gasteiger partial charge in [-0.2, -0.15) is 0 Å². The summed E-state index contributed by atoms with van der Waals surface area (Å²) in [4.78, 5) is 0. The van der Waals surface area contributed by atoms with Crippen molar-refractivity contribution < 1.29 is 15.3 Å². The fraction of sp³-hybridized carbons (Fsp3) is 0.250. The lowest BCUT2D eigenvalue weighted by Gasteiger charge is -2.11. The first kappa shape index (κ1) is 8.83. The molecule has 1 unspecified atom stereocenters. The van der Waals surface area contributed by atoms with Crippen LogP contribution in [0.15, 0.2) is 18.2 Å². The van der Waals surface area contributed by atoms with Crippen molar-refractivity contribution in [2.45, 2.75) is 6.10 Å². The number of anilines is 1. The zero-order valence-electron chi connectivity index (χ0n) is 6.44. The summed E-state index contributed by atoms with van der Waals surface area (Å²) in [5.74, 6) is -0.100. The maximum Gasteiger partial charge on any atom is 0.123 e. The Morgan fingerprint density at radius 3 is 2.58 bits per heavy atom. The van der Waals surface area contributed by atoms with Crippen molar-refractivity contribution in [1.29, 1.82) is 0 Å². The molecule has 12 heavy (non-hydrogen) atoms. The normalized spacial score (nSPS) is 12.8. The van der Waals surface area contributed by atoms with E-state index in [0.29, 0.717) is 0 Å². The Bertz CT molecular complexity index is 255. The Hall–Kier alpha value is -1.26. The predicted molar refractivity (Wildman–Crippen MR) is 44.6 cm³/mol. The molecule has 0 saturated carbocycles. The van der Waals surface area contributed by atoms with E-state index in [1.165, 1.54) is 6.07 Å². The van der Waals surface area contributed by atoms with Gasteiger partial charge >= 0.3 is 0 Å². The summed E-state index contributed by atoms with van der Waals surface area (Å²) in [5, 5.41) is 27.1. The molecule has 1 aromatic carbocycles. The topological polar surface area (TPSA) is 86.7 Å². The van der Waals surface area contributed by atoms with Gasteiger partial charge in [-0.05, 0) is 12.1 Å². The minimum absolute atomic E-state index is 0.100. The summed E-state index contributed by atoms with van der Waals surface area (Å²) < 4.78 is 0. The molecule has 1 aromatic rings. The molecule has 0 fully saturated rings. The van der Waals surface area contributed by atoms with Crippen LogP contribution < -0.4 is 5.73 Å². The number of hydrogen-bond acceptors (Lipinski definition) is 4. The quantitative estimate of drug-likeness (QED) is 0.469. The molecule has 66 valence electrons. The van der Waals surface area contributed by atoms with Crippen molar-refractivity contribution in [2.24, 2.45) is 0 Å². The Morgan fingerprint density at radius 2 is 2.08 bits per heavy atom. The Morgan fingerprint density at radius 1 is 1.42 bits per heavy atom.